The van der Waals surface area contributed by atoms with E-state index in [1.54, 1.807) is 0 Å². The third-order valence-corrected chi connectivity index (χ3v) is 4.73. The molecule has 0 aromatic heterocycles. The Morgan fingerprint density at radius 2 is 1.83 bits per heavy atom. The number of urea groups is 1. The normalized spacial score (nSPS) is 16.8. The van der Waals surface area contributed by atoms with Gasteiger partial charge < -0.3 is 15.4 Å². The third-order valence-electron chi connectivity index (χ3n) is 4.73. The first kappa shape index (κ1) is 18.7. The molecule has 24 heavy (non-hydrogen) atoms. The molecule has 1 unspecified atom stereocenters. The van der Waals surface area contributed by atoms with Gasteiger partial charge in [-0.2, -0.15) is 0 Å². The van der Waals surface area contributed by atoms with Crippen molar-refractivity contribution >= 4 is 6.03 Å². The summed E-state index contributed by atoms with van der Waals surface area (Å²) in [5, 5.41) is 6.12. The molecule has 5 nitrogen and oxygen atoms in total. The predicted octanol–water partition coefficient (Wildman–Crippen LogP) is 2.86. The largest absolute Gasteiger partial charge is 0.381 e. The van der Waals surface area contributed by atoms with Crippen LogP contribution in [0.3, 0.4) is 0 Å². The van der Waals surface area contributed by atoms with Crippen molar-refractivity contribution in [2.45, 2.75) is 45.7 Å². The highest BCUT2D eigenvalue weighted by atomic mass is 16.5. The Kier molecular flexibility index (Phi) is 7.53. The molecular weight excluding hydrogens is 302 g/mol. The van der Waals surface area contributed by atoms with Crippen molar-refractivity contribution in [3.05, 3.63) is 35.4 Å². The zero-order valence-corrected chi connectivity index (χ0v) is 15.2. The summed E-state index contributed by atoms with van der Waals surface area (Å²) in [6.45, 7) is 10.4. The van der Waals surface area contributed by atoms with Crippen LogP contribution in [0.4, 0.5) is 4.79 Å². The quantitative estimate of drug-likeness (QED) is 0.807. The number of benzene rings is 1. The van der Waals surface area contributed by atoms with E-state index in [0.717, 1.165) is 39.1 Å². The highest BCUT2D eigenvalue weighted by Gasteiger charge is 2.20. The van der Waals surface area contributed by atoms with Crippen LogP contribution in [0.25, 0.3) is 0 Å². The third kappa shape index (κ3) is 5.49. The summed E-state index contributed by atoms with van der Waals surface area (Å²) < 4.78 is 5.33. The monoisotopic (exact) mass is 333 g/mol. The van der Waals surface area contributed by atoms with E-state index in [2.05, 4.69) is 60.6 Å². The topological polar surface area (TPSA) is 53.6 Å². The predicted molar refractivity (Wildman–Crippen MR) is 97.2 cm³/mol. The fourth-order valence-corrected chi connectivity index (χ4v) is 3.18. The minimum absolute atomic E-state index is 0.0776. The highest BCUT2D eigenvalue weighted by Crippen LogP contribution is 2.20. The van der Waals surface area contributed by atoms with E-state index in [9.17, 15) is 4.79 Å². The molecule has 1 heterocycles. The second-order valence-corrected chi connectivity index (χ2v) is 6.39. The molecule has 2 N–H and O–H groups in total. The molecule has 0 saturated carbocycles. The minimum atomic E-state index is -0.0776. The first-order chi connectivity index (χ1) is 11.6. The van der Waals surface area contributed by atoms with Crippen molar-refractivity contribution in [2.75, 3.05) is 32.8 Å². The van der Waals surface area contributed by atoms with Gasteiger partial charge in [0.2, 0.25) is 0 Å². The maximum atomic E-state index is 12.2. The lowest BCUT2D eigenvalue weighted by Crippen LogP contribution is -2.47. The molecule has 1 saturated heterocycles. The minimum Gasteiger partial charge on any atom is -0.381 e. The van der Waals surface area contributed by atoms with Gasteiger partial charge in [-0.05, 0) is 38.4 Å². The van der Waals surface area contributed by atoms with Crippen LogP contribution >= 0.6 is 0 Å². The van der Waals surface area contributed by atoms with Crippen LogP contribution < -0.4 is 10.6 Å². The molecule has 0 spiro atoms. The van der Waals surface area contributed by atoms with Gasteiger partial charge in [-0.1, -0.05) is 43.7 Å². The zero-order valence-electron chi connectivity index (χ0n) is 15.2. The van der Waals surface area contributed by atoms with Crippen molar-refractivity contribution in [3.8, 4) is 0 Å². The number of amides is 2. The lowest BCUT2D eigenvalue weighted by atomic mass is 10.0. The Balaban J connectivity index is 1.94. The van der Waals surface area contributed by atoms with Crippen LogP contribution in [0, 0.1) is 6.92 Å². The van der Waals surface area contributed by atoms with Gasteiger partial charge >= 0.3 is 6.03 Å². The van der Waals surface area contributed by atoms with Crippen LogP contribution in [0.5, 0.6) is 0 Å². The average Bonchev–Trinajstić information content (AvgIpc) is 2.60. The summed E-state index contributed by atoms with van der Waals surface area (Å²) in [5.74, 6) is 0. The molecule has 0 bridgehead atoms. The van der Waals surface area contributed by atoms with E-state index < -0.39 is 0 Å². The van der Waals surface area contributed by atoms with E-state index >= 15 is 0 Å². The number of hydrogen-bond acceptors (Lipinski definition) is 3. The van der Waals surface area contributed by atoms with Gasteiger partial charge in [-0.25, -0.2) is 4.79 Å². The van der Waals surface area contributed by atoms with Crippen LogP contribution in [-0.4, -0.2) is 49.8 Å². The van der Waals surface area contributed by atoms with Crippen LogP contribution in [0.1, 0.15) is 43.9 Å². The van der Waals surface area contributed by atoms with Gasteiger partial charge in [0.1, 0.15) is 0 Å². The van der Waals surface area contributed by atoms with Gasteiger partial charge in [-0.3, -0.25) is 4.90 Å². The van der Waals surface area contributed by atoms with Crippen molar-refractivity contribution < 1.29 is 9.53 Å². The maximum Gasteiger partial charge on any atom is 0.315 e. The Bertz CT molecular complexity index is 494. The Morgan fingerprint density at radius 3 is 2.42 bits per heavy atom. The van der Waals surface area contributed by atoms with Gasteiger partial charge in [0.05, 0.1) is 6.04 Å². The van der Waals surface area contributed by atoms with Crippen molar-refractivity contribution in [3.63, 3.8) is 0 Å². The molecule has 1 atom stereocenters. The standard InChI is InChI=1S/C19H31N3O2/c1-4-22(5-2)18(16-8-6-15(3)7-9-16)14-20-19(23)21-17-10-12-24-13-11-17/h6-9,17-18H,4-5,10-14H2,1-3H3,(H2,20,21,23). The SMILES string of the molecule is CCN(CC)C(CNC(=O)NC1CCOCC1)c1ccc(C)cc1. The van der Waals surface area contributed by atoms with E-state index in [-0.39, 0.29) is 18.1 Å². The lowest BCUT2D eigenvalue weighted by molar-refractivity contribution is 0.0799. The summed E-state index contributed by atoms with van der Waals surface area (Å²) >= 11 is 0. The highest BCUT2D eigenvalue weighted by molar-refractivity contribution is 5.74. The first-order valence-corrected chi connectivity index (χ1v) is 9.06. The second kappa shape index (κ2) is 9.64. The number of nitrogens with zero attached hydrogens (tertiary/aromatic N) is 1. The van der Waals surface area contributed by atoms with E-state index in [0.29, 0.717) is 6.54 Å². The molecule has 134 valence electrons. The summed E-state index contributed by atoms with van der Waals surface area (Å²) in [5.41, 5.74) is 2.50. The van der Waals surface area contributed by atoms with Crippen LogP contribution in [-0.2, 0) is 4.74 Å². The number of carbonyl (C=O) groups excluding carboxylic acids is 1. The van der Waals surface area contributed by atoms with Gasteiger partial charge in [0, 0.05) is 25.8 Å². The molecule has 1 fully saturated rings. The number of ether oxygens (including phenoxy) is 1. The van der Waals surface area contributed by atoms with E-state index in [1.165, 1.54) is 11.1 Å². The van der Waals surface area contributed by atoms with Gasteiger partial charge in [-0.15, -0.1) is 0 Å². The fraction of sp³-hybridized carbons (Fsp3) is 0.632. The van der Waals surface area contributed by atoms with E-state index in [4.69, 9.17) is 4.74 Å². The zero-order chi connectivity index (χ0) is 17.4. The molecule has 1 aromatic rings. The summed E-state index contributed by atoms with van der Waals surface area (Å²) in [4.78, 5) is 14.6. The molecular formula is C19H31N3O2. The molecule has 0 radical (unpaired) electrons. The Hall–Kier alpha value is -1.59. The Labute approximate surface area is 145 Å². The molecule has 2 amide bonds. The van der Waals surface area contributed by atoms with Gasteiger partial charge in [0.15, 0.2) is 0 Å². The molecule has 0 aliphatic carbocycles. The summed E-state index contributed by atoms with van der Waals surface area (Å²) in [6, 6.07) is 8.94. The van der Waals surface area contributed by atoms with Crippen molar-refractivity contribution in [1.29, 1.82) is 0 Å². The number of aryl methyl sites for hydroxylation is 1. The van der Waals surface area contributed by atoms with Crippen molar-refractivity contribution in [1.82, 2.24) is 15.5 Å². The molecule has 5 heteroatoms. The summed E-state index contributed by atoms with van der Waals surface area (Å²) in [6.07, 6.45) is 1.79. The number of carbonyl (C=O) groups is 1. The molecule has 1 aliphatic rings. The number of nitrogens with one attached hydrogen (secondary N) is 2. The van der Waals surface area contributed by atoms with Crippen LogP contribution in [0.15, 0.2) is 24.3 Å². The van der Waals surface area contributed by atoms with Crippen LogP contribution in [0.2, 0.25) is 0 Å². The van der Waals surface area contributed by atoms with Crippen molar-refractivity contribution in [2.24, 2.45) is 0 Å². The van der Waals surface area contributed by atoms with Gasteiger partial charge in [0.25, 0.3) is 0 Å². The van der Waals surface area contributed by atoms with E-state index in [1.807, 2.05) is 0 Å². The fourth-order valence-electron chi connectivity index (χ4n) is 3.18. The molecule has 1 aromatic carbocycles. The number of rotatable bonds is 7. The lowest BCUT2D eigenvalue weighted by Gasteiger charge is -2.31. The number of likely N-dealkylation sites (N-methyl/N-ethyl adjacent to an activating group) is 1. The Morgan fingerprint density at radius 1 is 1.21 bits per heavy atom. The average molecular weight is 333 g/mol. The molecule has 2 rings (SSSR count). The maximum absolute atomic E-state index is 12.2. The first-order valence-electron chi connectivity index (χ1n) is 9.06. The smallest absolute Gasteiger partial charge is 0.315 e. The molecule has 1 aliphatic heterocycles. The summed E-state index contributed by atoms with van der Waals surface area (Å²) in [7, 11) is 0. The number of hydrogen-bond donors (Lipinski definition) is 2. The second-order valence-electron chi connectivity index (χ2n) is 6.39.